The number of thioether (sulfide) groups is 1. The SMILES string of the molecule is Cc1ccc(C2CC(c3ccccc3)=NN2C(=O)COc2ccc(/C=C3/SC(=O)NC3=O)cc2)cc1. The number of hydrazone groups is 1. The molecule has 36 heavy (non-hydrogen) atoms. The number of hydrogen-bond donors (Lipinski definition) is 1. The van der Waals surface area contributed by atoms with E-state index in [0.29, 0.717) is 17.1 Å². The Hall–Kier alpha value is -4.17. The molecule has 0 saturated carbocycles. The van der Waals surface area contributed by atoms with Crippen LogP contribution in [0.4, 0.5) is 4.79 Å². The number of carbonyl (C=O) groups is 3. The molecule has 2 aliphatic rings. The van der Waals surface area contributed by atoms with Gasteiger partial charge in [-0.2, -0.15) is 5.10 Å². The van der Waals surface area contributed by atoms with Gasteiger partial charge in [0.15, 0.2) is 6.61 Å². The van der Waals surface area contributed by atoms with E-state index < -0.39 is 5.91 Å². The number of imide groups is 1. The van der Waals surface area contributed by atoms with Crippen molar-refractivity contribution in [2.24, 2.45) is 5.10 Å². The number of benzene rings is 3. The van der Waals surface area contributed by atoms with Crippen molar-refractivity contribution < 1.29 is 19.1 Å². The summed E-state index contributed by atoms with van der Waals surface area (Å²) in [5.41, 5.74) is 4.77. The van der Waals surface area contributed by atoms with Crippen LogP contribution in [0.1, 0.15) is 34.7 Å². The Balaban J connectivity index is 1.29. The van der Waals surface area contributed by atoms with Crippen molar-refractivity contribution in [1.29, 1.82) is 0 Å². The zero-order valence-corrected chi connectivity index (χ0v) is 20.3. The Morgan fingerprint density at radius 3 is 2.44 bits per heavy atom. The predicted octanol–water partition coefficient (Wildman–Crippen LogP) is 5.08. The van der Waals surface area contributed by atoms with Gasteiger partial charge in [0, 0.05) is 6.42 Å². The van der Waals surface area contributed by atoms with Crippen LogP contribution in [0.5, 0.6) is 5.75 Å². The second-order valence-electron chi connectivity index (χ2n) is 8.49. The minimum Gasteiger partial charge on any atom is -0.484 e. The lowest BCUT2D eigenvalue weighted by molar-refractivity contribution is -0.135. The Labute approximate surface area is 212 Å². The summed E-state index contributed by atoms with van der Waals surface area (Å²) in [6.07, 6.45) is 2.26. The molecule has 180 valence electrons. The summed E-state index contributed by atoms with van der Waals surface area (Å²) in [7, 11) is 0. The molecule has 5 rings (SSSR count). The van der Waals surface area contributed by atoms with Crippen LogP contribution in [0.3, 0.4) is 0 Å². The molecule has 1 unspecified atom stereocenters. The summed E-state index contributed by atoms with van der Waals surface area (Å²) >= 11 is 0.866. The van der Waals surface area contributed by atoms with Crippen LogP contribution in [-0.4, -0.2) is 34.4 Å². The fraction of sp³-hybridized carbons (Fsp3) is 0.143. The molecular formula is C28H23N3O4S. The van der Waals surface area contributed by atoms with Crippen molar-refractivity contribution >= 4 is 40.6 Å². The molecule has 1 atom stereocenters. The highest BCUT2D eigenvalue weighted by molar-refractivity contribution is 8.18. The van der Waals surface area contributed by atoms with Gasteiger partial charge in [-0.05, 0) is 53.6 Å². The van der Waals surface area contributed by atoms with Gasteiger partial charge in [-0.25, -0.2) is 5.01 Å². The van der Waals surface area contributed by atoms with Crippen LogP contribution < -0.4 is 10.1 Å². The van der Waals surface area contributed by atoms with E-state index in [0.717, 1.165) is 39.7 Å². The van der Waals surface area contributed by atoms with E-state index in [-0.39, 0.29) is 23.8 Å². The number of carbonyl (C=O) groups excluding carboxylic acids is 3. The summed E-state index contributed by atoms with van der Waals surface area (Å²) in [4.78, 5) is 36.6. The standard InChI is InChI=1S/C28H23N3O4S/c1-18-7-11-21(12-8-18)24-16-23(20-5-3-2-4-6-20)30-31(24)26(32)17-35-22-13-9-19(10-14-22)15-25-27(33)29-28(34)36-25/h2-15,24H,16-17H2,1H3,(H,29,33,34)/b25-15+. The third-order valence-corrected chi connectivity index (χ3v) is 6.73. The van der Waals surface area contributed by atoms with Crippen LogP contribution in [0, 0.1) is 6.92 Å². The normalized spacial score (nSPS) is 18.4. The zero-order chi connectivity index (χ0) is 25.1. The molecule has 1 fully saturated rings. The maximum atomic E-state index is 13.2. The molecule has 0 aromatic heterocycles. The molecule has 0 spiro atoms. The number of nitrogens with zero attached hydrogens (tertiary/aromatic N) is 2. The molecule has 1 N–H and O–H groups in total. The molecule has 3 aromatic carbocycles. The highest BCUT2D eigenvalue weighted by Crippen LogP contribution is 2.33. The highest BCUT2D eigenvalue weighted by Gasteiger charge is 2.33. The van der Waals surface area contributed by atoms with E-state index >= 15 is 0 Å². The van der Waals surface area contributed by atoms with Gasteiger partial charge < -0.3 is 4.74 Å². The second-order valence-corrected chi connectivity index (χ2v) is 9.51. The summed E-state index contributed by atoms with van der Waals surface area (Å²) < 4.78 is 5.77. The average molecular weight is 498 g/mol. The lowest BCUT2D eigenvalue weighted by Crippen LogP contribution is -2.31. The van der Waals surface area contributed by atoms with E-state index in [1.807, 2.05) is 61.5 Å². The fourth-order valence-electron chi connectivity index (χ4n) is 4.04. The maximum Gasteiger partial charge on any atom is 0.290 e. The Morgan fingerprint density at radius 1 is 1.06 bits per heavy atom. The van der Waals surface area contributed by atoms with Crippen LogP contribution >= 0.6 is 11.8 Å². The summed E-state index contributed by atoms with van der Waals surface area (Å²) in [5.74, 6) is -0.126. The van der Waals surface area contributed by atoms with Gasteiger partial charge in [0.2, 0.25) is 0 Å². The van der Waals surface area contributed by atoms with Gasteiger partial charge in [0.25, 0.3) is 17.1 Å². The molecule has 2 aliphatic heterocycles. The number of hydrogen-bond acceptors (Lipinski definition) is 6. The summed E-state index contributed by atoms with van der Waals surface area (Å²) in [5, 5.41) is 8.05. The number of aryl methyl sites for hydroxylation is 1. The quantitative estimate of drug-likeness (QED) is 0.480. The van der Waals surface area contributed by atoms with Crippen LogP contribution in [0.25, 0.3) is 6.08 Å². The van der Waals surface area contributed by atoms with E-state index in [9.17, 15) is 14.4 Å². The molecule has 0 aliphatic carbocycles. The highest BCUT2D eigenvalue weighted by atomic mass is 32.2. The van der Waals surface area contributed by atoms with Crippen LogP contribution in [-0.2, 0) is 9.59 Å². The van der Waals surface area contributed by atoms with Crippen LogP contribution in [0.2, 0.25) is 0 Å². The van der Waals surface area contributed by atoms with Gasteiger partial charge in [-0.15, -0.1) is 0 Å². The summed E-state index contributed by atoms with van der Waals surface area (Å²) in [6.45, 7) is 1.87. The van der Waals surface area contributed by atoms with Crippen molar-refractivity contribution in [2.45, 2.75) is 19.4 Å². The number of amides is 3. The molecule has 1 saturated heterocycles. The van der Waals surface area contributed by atoms with E-state index in [1.54, 1.807) is 30.3 Å². The van der Waals surface area contributed by atoms with Gasteiger partial charge in [-0.3, -0.25) is 19.7 Å². The third-order valence-electron chi connectivity index (χ3n) is 5.92. The first-order valence-electron chi connectivity index (χ1n) is 11.5. The van der Waals surface area contributed by atoms with Gasteiger partial charge in [0.1, 0.15) is 5.75 Å². The Kier molecular flexibility index (Phi) is 6.69. The average Bonchev–Trinajstić information content (AvgIpc) is 3.47. The Morgan fingerprint density at radius 2 is 1.78 bits per heavy atom. The minimum absolute atomic E-state index is 0.166. The minimum atomic E-state index is -0.403. The van der Waals surface area contributed by atoms with E-state index in [2.05, 4.69) is 10.4 Å². The molecule has 0 bridgehead atoms. The molecule has 3 aromatic rings. The zero-order valence-electron chi connectivity index (χ0n) is 19.5. The first kappa shape index (κ1) is 23.6. The maximum absolute atomic E-state index is 13.2. The van der Waals surface area contributed by atoms with Gasteiger partial charge in [-0.1, -0.05) is 72.3 Å². The van der Waals surface area contributed by atoms with Gasteiger partial charge >= 0.3 is 0 Å². The van der Waals surface area contributed by atoms with Crippen molar-refractivity contribution in [3.63, 3.8) is 0 Å². The molecule has 8 heteroatoms. The Bertz CT molecular complexity index is 1370. The first-order valence-corrected chi connectivity index (χ1v) is 12.3. The monoisotopic (exact) mass is 497 g/mol. The molecule has 0 radical (unpaired) electrons. The molecule has 3 amide bonds. The molecule has 7 nitrogen and oxygen atoms in total. The lowest BCUT2D eigenvalue weighted by atomic mass is 9.98. The van der Waals surface area contributed by atoms with Crippen molar-refractivity contribution in [1.82, 2.24) is 10.3 Å². The van der Waals surface area contributed by atoms with Crippen molar-refractivity contribution in [3.05, 3.63) is 106 Å². The van der Waals surface area contributed by atoms with Crippen molar-refractivity contribution in [2.75, 3.05) is 6.61 Å². The molecule has 2 heterocycles. The number of ether oxygens (including phenoxy) is 1. The second kappa shape index (κ2) is 10.2. The molecular weight excluding hydrogens is 474 g/mol. The predicted molar refractivity (Wildman–Crippen MR) is 139 cm³/mol. The van der Waals surface area contributed by atoms with Crippen LogP contribution in [0.15, 0.2) is 88.9 Å². The van der Waals surface area contributed by atoms with E-state index in [4.69, 9.17) is 4.74 Å². The largest absolute Gasteiger partial charge is 0.484 e. The smallest absolute Gasteiger partial charge is 0.290 e. The van der Waals surface area contributed by atoms with E-state index in [1.165, 1.54) is 5.01 Å². The first-order chi connectivity index (χ1) is 17.5. The fourth-order valence-corrected chi connectivity index (χ4v) is 4.72. The lowest BCUT2D eigenvalue weighted by Gasteiger charge is -2.22. The topological polar surface area (TPSA) is 88.1 Å². The third kappa shape index (κ3) is 5.23. The van der Waals surface area contributed by atoms with Gasteiger partial charge in [0.05, 0.1) is 16.7 Å². The summed E-state index contributed by atoms with van der Waals surface area (Å²) in [6, 6.07) is 24.8. The number of nitrogens with one attached hydrogen (secondary N) is 1. The number of rotatable bonds is 6. The van der Waals surface area contributed by atoms with Crippen molar-refractivity contribution in [3.8, 4) is 5.75 Å².